The van der Waals surface area contributed by atoms with Crippen molar-refractivity contribution in [3.05, 3.63) is 53.6 Å². The SMILES string of the molecule is Cc1ccc2nc(N3CCN(CCNC(=O)c4ccc(S(=O)(=O)N(CC(C)C)CC(C)C)cc4)CC3)sc2c1. The monoisotopic (exact) mass is 571 g/mol. The van der Waals surface area contributed by atoms with Gasteiger partial charge in [0.25, 0.3) is 5.91 Å². The molecule has 1 aliphatic rings. The van der Waals surface area contributed by atoms with Crippen LogP contribution in [0.2, 0.25) is 0 Å². The molecule has 2 heterocycles. The summed E-state index contributed by atoms with van der Waals surface area (Å²) in [5.41, 5.74) is 2.77. The number of rotatable bonds is 11. The summed E-state index contributed by atoms with van der Waals surface area (Å²) in [5.74, 6) is 0.260. The van der Waals surface area contributed by atoms with Crippen molar-refractivity contribution in [2.24, 2.45) is 11.8 Å². The Hall–Kier alpha value is -2.53. The van der Waals surface area contributed by atoms with Gasteiger partial charge in [-0.15, -0.1) is 0 Å². The Kier molecular flexibility index (Phi) is 9.64. The number of piperazine rings is 1. The molecule has 0 atom stereocenters. The minimum atomic E-state index is -3.61. The molecule has 0 unspecified atom stereocenters. The molecule has 1 aliphatic heterocycles. The number of aryl methyl sites for hydroxylation is 1. The summed E-state index contributed by atoms with van der Waals surface area (Å²) in [7, 11) is -3.61. The van der Waals surface area contributed by atoms with Gasteiger partial charge in [0, 0.05) is 57.9 Å². The molecule has 0 spiro atoms. The molecule has 4 rings (SSSR count). The zero-order valence-corrected chi connectivity index (χ0v) is 25.3. The van der Waals surface area contributed by atoms with Crippen LogP contribution in [0.25, 0.3) is 10.2 Å². The van der Waals surface area contributed by atoms with E-state index >= 15 is 0 Å². The van der Waals surface area contributed by atoms with E-state index < -0.39 is 10.0 Å². The molecule has 1 N–H and O–H groups in total. The summed E-state index contributed by atoms with van der Waals surface area (Å²) >= 11 is 1.75. The molecule has 0 radical (unpaired) electrons. The van der Waals surface area contributed by atoms with Crippen LogP contribution >= 0.6 is 11.3 Å². The van der Waals surface area contributed by atoms with Gasteiger partial charge in [0.15, 0.2) is 5.13 Å². The number of hydrogen-bond acceptors (Lipinski definition) is 7. The lowest BCUT2D eigenvalue weighted by atomic mass is 10.2. The van der Waals surface area contributed by atoms with Crippen LogP contribution in [0.1, 0.15) is 43.6 Å². The highest BCUT2D eigenvalue weighted by Crippen LogP contribution is 2.30. The highest BCUT2D eigenvalue weighted by Gasteiger charge is 2.26. The van der Waals surface area contributed by atoms with Crippen LogP contribution < -0.4 is 10.2 Å². The van der Waals surface area contributed by atoms with Gasteiger partial charge in [0.05, 0.1) is 15.1 Å². The molecular weight excluding hydrogens is 530 g/mol. The zero-order chi connectivity index (χ0) is 28.2. The zero-order valence-electron chi connectivity index (χ0n) is 23.7. The fraction of sp³-hybridized carbons (Fsp3) is 0.517. The van der Waals surface area contributed by atoms with Gasteiger partial charge in [-0.2, -0.15) is 4.31 Å². The van der Waals surface area contributed by atoms with E-state index in [4.69, 9.17) is 4.98 Å². The highest BCUT2D eigenvalue weighted by molar-refractivity contribution is 7.89. The first-order chi connectivity index (χ1) is 18.5. The lowest BCUT2D eigenvalue weighted by Gasteiger charge is -2.34. The van der Waals surface area contributed by atoms with Crippen LogP contribution in [0.15, 0.2) is 47.4 Å². The van der Waals surface area contributed by atoms with Gasteiger partial charge in [-0.3, -0.25) is 9.69 Å². The van der Waals surface area contributed by atoms with Crippen molar-refractivity contribution in [2.45, 2.75) is 39.5 Å². The number of thiazole rings is 1. The first-order valence-electron chi connectivity index (χ1n) is 13.8. The van der Waals surface area contributed by atoms with E-state index in [1.54, 1.807) is 39.9 Å². The third kappa shape index (κ3) is 7.57. The highest BCUT2D eigenvalue weighted by atomic mass is 32.2. The van der Waals surface area contributed by atoms with E-state index in [9.17, 15) is 13.2 Å². The maximum atomic E-state index is 13.2. The molecule has 2 aromatic carbocycles. The number of anilines is 1. The number of nitrogens with zero attached hydrogens (tertiary/aromatic N) is 4. The molecular formula is C29H41N5O3S2. The summed E-state index contributed by atoms with van der Waals surface area (Å²) < 4.78 is 29.2. The summed E-state index contributed by atoms with van der Waals surface area (Å²) in [4.78, 5) is 22.4. The third-order valence-electron chi connectivity index (χ3n) is 6.78. The van der Waals surface area contributed by atoms with Crippen LogP contribution in [0.4, 0.5) is 5.13 Å². The van der Waals surface area contributed by atoms with Crippen molar-refractivity contribution in [2.75, 3.05) is 57.3 Å². The van der Waals surface area contributed by atoms with E-state index in [2.05, 4.69) is 40.2 Å². The summed E-state index contributed by atoms with van der Waals surface area (Å²) in [6.45, 7) is 16.1. The van der Waals surface area contributed by atoms with E-state index in [0.717, 1.165) is 43.4 Å². The van der Waals surface area contributed by atoms with Crippen LogP contribution in [0, 0.1) is 18.8 Å². The first-order valence-corrected chi connectivity index (χ1v) is 16.0. The predicted octanol–water partition coefficient (Wildman–Crippen LogP) is 4.46. The second-order valence-corrected chi connectivity index (χ2v) is 14.1. The molecule has 3 aromatic rings. The normalized spacial score (nSPS) is 15.1. The maximum Gasteiger partial charge on any atom is 0.251 e. The van der Waals surface area contributed by atoms with Gasteiger partial charge in [-0.1, -0.05) is 45.1 Å². The fourth-order valence-corrected chi connectivity index (χ4v) is 7.64. The van der Waals surface area contributed by atoms with Crippen molar-refractivity contribution >= 4 is 42.6 Å². The summed E-state index contributed by atoms with van der Waals surface area (Å²) in [5, 5.41) is 4.06. The quantitative estimate of drug-likeness (QED) is 0.366. The number of fused-ring (bicyclic) bond motifs is 1. The Morgan fingerprint density at radius 1 is 1.00 bits per heavy atom. The number of carbonyl (C=O) groups excluding carboxylic acids is 1. The Balaban J connectivity index is 1.25. The number of carbonyl (C=O) groups is 1. The van der Waals surface area contributed by atoms with E-state index in [-0.39, 0.29) is 22.6 Å². The van der Waals surface area contributed by atoms with Gasteiger partial charge in [0.1, 0.15) is 0 Å². The molecule has 1 aromatic heterocycles. The fourth-order valence-electron chi connectivity index (χ4n) is 4.76. The van der Waals surface area contributed by atoms with Gasteiger partial charge in [-0.05, 0) is 60.7 Å². The van der Waals surface area contributed by atoms with E-state index in [1.807, 2.05) is 27.7 Å². The molecule has 1 saturated heterocycles. The van der Waals surface area contributed by atoms with Crippen molar-refractivity contribution in [1.82, 2.24) is 19.5 Å². The molecule has 8 nitrogen and oxygen atoms in total. The number of amides is 1. The Morgan fingerprint density at radius 3 is 2.26 bits per heavy atom. The second kappa shape index (κ2) is 12.8. The molecule has 10 heteroatoms. The largest absolute Gasteiger partial charge is 0.351 e. The average molecular weight is 572 g/mol. The van der Waals surface area contributed by atoms with Gasteiger partial charge in [0.2, 0.25) is 10.0 Å². The lowest BCUT2D eigenvalue weighted by Crippen LogP contribution is -2.48. The topological polar surface area (TPSA) is 85.9 Å². The Bertz CT molecular complexity index is 1350. The van der Waals surface area contributed by atoms with E-state index in [1.165, 1.54) is 10.3 Å². The van der Waals surface area contributed by atoms with Crippen LogP contribution in [-0.2, 0) is 10.0 Å². The molecule has 0 saturated carbocycles. The number of sulfonamides is 1. The number of hydrogen-bond donors (Lipinski definition) is 1. The number of benzene rings is 2. The Labute approximate surface area is 237 Å². The predicted molar refractivity (Wildman–Crippen MR) is 160 cm³/mol. The van der Waals surface area contributed by atoms with Crippen molar-refractivity contribution in [3.8, 4) is 0 Å². The average Bonchev–Trinajstić information content (AvgIpc) is 3.31. The van der Waals surface area contributed by atoms with Crippen LogP contribution in [0.5, 0.6) is 0 Å². The molecule has 0 bridgehead atoms. The van der Waals surface area contributed by atoms with Gasteiger partial charge in [-0.25, -0.2) is 13.4 Å². The molecule has 1 amide bonds. The minimum Gasteiger partial charge on any atom is -0.351 e. The van der Waals surface area contributed by atoms with E-state index in [0.29, 0.717) is 25.2 Å². The maximum absolute atomic E-state index is 13.2. The summed E-state index contributed by atoms with van der Waals surface area (Å²) in [6.07, 6.45) is 0. The number of nitrogens with one attached hydrogen (secondary N) is 1. The molecule has 212 valence electrons. The standard InChI is InChI=1S/C29H41N5O3S2/c1-21(2)19-34(20-22(3)4)39(36,37)25-9-7-24(8-10-25)28(35)30-12-13-32-14-16-33(17-15-32)29-31-26-11-6-23(5)18-27(26)38-29/h6-11,18,21-22H,12-17,19-20H2,1-5H3,(H,30,35). The van der Waals surface area contributed by atoms with Crippen LogP contribution in [-0.4, -0.2) is 80.9 Å². The van der Waals surface area contributed by atoms with Crippen molar-refractivity contribution in [1.29, 1.82) is 0 Å². The smallest absolute Gasteiger partial charge is 0.251 e. The van der Waals surface area contributed by atoms with Crippen molar-refractivity contribution in [3.63, 3.8) is 0 Å². The molecule has 0 aliphatic carbocycles. The first kappa shape index (κ1) is 29.5. The molecule has 1 fully saturated rings. The van der Waals surface area contributed by atoms with Crippen molar-refractivity contribution < 1.29 is 13.2 Å². The number of aromatic nitrogens is 1. The second-order valence-electron chi connectivity index (χ2n) is 11.2. The molecule has 39 heavy (non-hydrogen) atoms. The minimum absolute atomic E-state index is 0.191. The Morgan fingerprint density at radius 2 is 1.64 bits per heavy atom. The lowest BCUT2D eigenvalue weighted by molar-refractivity contribution is 0.0947. The van der Waals surface area contributed by atoms with Gasteiger partial charge < -0.3 is 10.2 Å². The van der Waals surface area contributed by atoms with Gasteiger partial charge >= 0.3 is 0 Å². The summed E-state index contributed by atoms with van der Waals surface area (Å²) in [6, 6.07) is 12.7. The van der Waals surface area contributed by atoms with Crippen LogP contribution in [0.3, 0.4) is 0 Å². The third-order valence-corrected chi connectivity index (χ3v) is 9.71.